The molecule has 0 spiro atoms. The minimum absolute atomic E-state index is 0.0607. The molecule has 146 valence electrons. The molecule has 3 aliphatic rings. The summed E-state index contributed by atoms with van der Waals surface area (Å²) in [5.74, 6) is -3.24. The third kappa shape index (κ3) is 4.53. The van der Waals surface area contributed by atoms with Crippen LogP contribution in [0.25, 0.3) is 0 Å². The highest BCUT2D eigenvalue weighted by molar-refractivity contribution is 6.07. The molecule has 2 fully saturated rings. The van der Waals surface area contributed by atoms with Gasteiger partial charge in [-0.05, 0) is 25.7 Å². The van der Waals surface area contributed by atoms with Crippen molar-refractivity contribution in [3.63, 3.8) is 0 Å². The average molecular weight is 377 g/mol. The summed E-state index contributed by atoms with van der Waals surface area (Å²) in [7, 11) is 0. The Morgan fingerprint density at radius 2 is 1.63 bits per heavy atom. The van der Waals surface area contributed by atoms with Gasteiger partial charge in [-0.25, -0.2) is 4.79 Å². The van der Waals surface area contributed by atoms with Crippen molar-refractivity contribution in [2.24, 2.45) is 11.8 Å². The summed E-state index contributed by atoms with van der Waals surface area (Å²) in [6.07, 6.45) is 8.53. The number of likely N-dealkylation sites (tertiary alicyclic amines) is 1. The molecule has 27 heavy (non-hydrogen) atoms. The first-order valence-corrected chi connectivity index (χ1v) is 9.22. The van der Waals surface area contributed by atoms with E-state index in [9.17, 15) is 24.0 Å². The minimum atomic E-state index is -0.866. The van der Waals surface area contributed by atoms with Gasteiger partial charge in [0.1, 0.15) is 6.54 Å². The second-order valence-electron chi connectivity index (χ2n) is 7.08. The van der Waals surface area contributed by atoms with E-state index in [0.29, 0.717) is 12.8 Å². The Morgan fingerprint density at radius 3 is 2.22 bits per heavy atom. The zero-order chi connectivity index (χ0) is 19.4. The number of hydrogen-bond acceptors (Lipinski definition) is 6. The third-order valence-electron chi connectivity index (χ3n) is 5.19. The van der Waals surface area contributed by atoms with Gasteiger partial charge >= 0.3 is 12.0 Å². The molecule has 0 aromatic rings. The molecule has 2 N–H and O–H groups in total. The van der Waals surface area contributed by atoms with Gasteiger partial charge in [-0.3, -0.25) is 29.4 Å². The van der Waals surface area contributed by atoms with Crippen LogP contribution in [0, 0.1) is 11.8 Å². The highest BCUT2D eigenvalue weighted by atomic mass is 16.5. The van der Waals surface area contributed by atoms with Crippen molar-refractivity contribution in [1.29, 1.82) is 0 Å². The summed E-state index contributed by atoms with van der Waals surface area (Å²) in [6, 6.07) is -0.560. The maximum absolute atomic E-state index is 12.3. The Labute approximate surface area is 156 Å². The van der Waals surface area contributed by atoms with Crippen LogP contribution in [0.3, 0.4) is 0 Å². The van der Waals surface area contributed by atoms with Crippen molar-refractivity contribution in [3.05, 3.63) is 12.2 Å². The van der Waals surface area contributed by atoms with E-state index in [0.717, 1.165) is 30.6 Å². The first-order chi connectivity index (χ1) is 13.0. The van der Waals surface area contributed by atoms with Gasteiger partial charge in [0, 0.05) is 6.04 Å². The van der Waals surface area contributed by atoms with Crippen molar-refractivity contribution in [3.8, 4) is 0 Å². The van der Waals surface area contributed by atoms with Crippen LogP contribution < -0.4 is 10.6 Å². The molecule has 0 unspecified atom stereocenters. The second kappa shape index (κ2) is 8.32. The molecule has 3 rings (SSSR count). The summed E-state index contributed by atoms with van der Waals surface area (Å²) in [4.78, 5) is 60.7. The number of hydrogen-bond donors (Lipinski definition) is 2. The molecule has 0 bridgehead atoms. The molecule has 1 saturated carbocycles. The lowest BCUT2D eigenvalue weighted by Crippen LogP contribution is -2.45. The van der Waals surface area contributed by atoms with E-state index in [1.165, 1.54) is 0 Å². The number of carbonyl (C=O) groups excluding carboxylic acids is 5. The van der Waals surface area contributed by atoms with E-state index in [2.05, 4.69) is 10.6 Å². The Balaban J connectivity index is 1.40. The number of nitrogens with zero attached hydrogens (tertiary/aromatic N) is 1. The highest BCUT2D eigenvalue weighted by Gasteiger charge is 2.47. The number of esters is 1. The maximum atomic E-state index is 12.3. The van der Waals surface area contributed by atoms with Crippen LogP contribution in [0.2, 0.25) is 0 Å². The molecule has 0 aromatic heterocycles. The quantitative estimate of drug-likeness (QED) is 0.402. The van der Waals surface area contributed by atoms with Gasteiger partial charge in [0.2, 0.25) is 11.8 Å². The van der Waals surface area contributed by atoms with Crippen LogP contribution in [0.4, 0.5) is 4.79 Å². The molecule has 1 heterocycles. The minimum Gasteiger partial charge on any atom is -0.454 e. The van der Waals surface area contributed by atoms with Crippen LogP contribution in [0.1, 0.15) is 38.5 Å². The molecule has 9 heteroatoms. The zero-order valence-corrected chi connectivity index (χ0v) is 14.9. The van der Waals surface area contributed by atoms with Crippen molar-refractivity contribution in [2.45, 2.75) is 44.6 Å². The fraction of sp³-hybridized carbons (Fsp3) is 0.611. The van der Waals surface area contributed by atoms with E-state index in [-0.39, 0.29) is 17.9 Å². The van der Waals surface area contributed by atoms with E-state index in [4.69, 9.17) is 4.74 Å². The molecular formula is C18H23N3O6. The van der Waals surface area contributed by atoms with Gasteiger partial charge in [-0.2, -0.15) is 0 Å². The van der Waals surface area contributed by atoms with Crippen molar-refractivity contribution in [1.82, 2.24) is 15.5 Å². The predicted molar refractivity (Wildman–Crippen MR) is 92.0 cm³/mol. The topological polar surface area (TPSA) is 122 Å². The Morgan fingerprint density at radius 1 is 1.04 bits per heavy atom. The van der Waals surface area contributed by atoms with Gasteiger partial charge in [-0.1, -0.05) is 25.0 Å². The smallest absolute Gasteiger partial charge is 0.326 e. The van der Waals surface area contributed by atoms with Gasteiger partial charge < -0.3 is 10.1 Å². The predicted octanol–water partition coefficient (Wildman–Crippen LogP) is 0.249. The first kappa shape index (κ1) is 19.1. The van der Waals surface area contributed by atoms with E-state index in [1.54, 1.807) is 0 Å². The number of amides is 5. The largest absolute Gasteiger partial charge is 0.454 e. The number of imide groups is 2. The number of rotatable bonds is 5. The number of urea groups is 1. The summed E-state index contributed by atoms with van der Waals surface area (Å²) in [6.45, 7) is -1.17. The van der Waals surface area contributed by atoms with Crippen molar-refractivity contribution >= 4 is 29.7 Å². The van der Waals surface area contributed by atoms with Gasteiger partial charge in [-0.15, -0.1) is 0 Å². The van der Waals surface area contributed by atoms with Crippen molar-refractivity contribution < 1.29 is 28.7 Å². The molecule has 0 aromatic carbocycles. The lowest BCUT2D eigenvalue weighted by Gasteiger charge is -2.14. The van der Waals surface area contributed by atoms with E-state index < -0.39 is 42.9 Å². The lowest BCUT2D eigenvalue weighted by atomic mass is 9.85. The molecule has 1 aliphatic heterocycles. The molecule has 5 amide bonds. The standard InChI is InChI=1S/C18H23N3O6/c22-14(20-18(26)19-11-5-1-2-6-11)10-27-15(23)9-21-16(24)12-7-3-4-8-13(12)17(21)25/h3-4,11-13H,1-2,5-10H2,(H2,19,20,22,26)/t12-,13-/m1/s1. The molecular weight excluding hydrogens is 354 g/mol. The summed E-state index contributed by atoms with van der Waals surface area (Å²) in [5.41, 5.74) is 0. The summed E-state index contributed by atoms with van der Waals surface area (Å²) < 4.78 is 4.79. The zero-order valence-electron chi connectivity index (χ0n) is 14.9. The summed E-state index contributed by atoms with van der Waals surface area (Å²) >= 11 is 0. The lowest BCUT2D eigenvalue weighted by molar-refractivity contribution is -0.154. The van der Waals surface area contributed by atoms with Crippen LogP contribution >= 0.6 is 0 Å². The number of carbonyl (C=O) groups is 5. The number of allylic oxidation sites excluding steroid dienone is 2. The van der Waals surface area contributed by atoms with E-state index >= 15 is 0 Å². The summed E-state index contributed by atoms with van der Waals surface area (Å²) in [5, 5.41) is 4.77. The highest BCUT2D eigenvalue weighted by Crippen LogP contribution is 2.34. The van der Waals surface area contributed by atoms with E-state index in [1.807, 2.05) is 12.2 Å². The number of nitrogens with one attached hydrogen (secondary N) is 2. The fourth-order valence-electron chi connectivity index (χ4n) is 3.80. The molecule has 0 radical (unpaired) electrons. The van der Waals surface area contributed by atoms with Crippen LogP contribution in [0.15, 0.2) is 12.2 Å². The number of ether oxygens (including phenoxy) is 1. The fourth-order valence-corrected chi connectivity index (χ4v) is 3.80. The molecule has 9 nitrogen and oxygen atoms in total. The van der Waals surface area contributed by atoms with Crippen LogP contribution in [-0.4, -0.2) is 53.8 Å². The third-order valence-corrected chi connectivity index (χ3v) is 5.19. The Kier molecular flexibility index (Phi) is 5.88. The van der Waals surface area contributed by atoms with Crippen LogP contribution in [0.5, 0.6) is 0 Å². The Bertz CT molecular complexity index is 657. The molecule has 2 atom stereocenters. The van der Waals surface area contributed by atoms with Gasteiger partial charge in [0.25, 0.3) is 5.91 Å². The van der Waals surface area contributed by atoms with Gasteiger partial charge in [0.15, 0.2) is 6.61 Å². The SMILES string of the molecule is O=C(COC(=O)CN1C(=O)[C@@H]2CC=CC[C@H]2C1=O)NC(=O)NC1CCCC1. The molecule has 1 saturated heterocycles. The monoisotopic (exact) mass is 377 g/mol. The van der Waals surface area contributed by atoms with Crippen molar-refractivity contribution in [2.75, 3.05) is 13.2 Å². The maximum Gasteiger partial charge on any atom is 0.326 e. The first-order valence-electron chi connectivity index (χ1n) is 9.22. The Hall–Kier alpha value is -2.71. The van der Waals surface area contributed by atoms with Crippen LogP contribution in [-0.2, 0) is 23.9 Å². The normalized spacial score (nSPS) is 24.7. The molecule has 2 aliphatic carbocycles. The second-order valence-corrected chi connectivity index (χ2v) is 7.08. The number of fused-ring (bicyclic) bond motifs is 1. The average Bonchev–Trinajstić information content (AvgIpc) is 3.23. The van der Waals surface area contributed by atoms with Gasteiger partial charge in [0.05, 0.1) is 11.8 Å².